The molecule has 0 radical (unpaired) electrons. The molecule has 0 saturated heterocycles. The minimum absolute atomic E-state index is 0.00474. The number of nitrogens with one attached hydrogen (secondary N) is 8. The first-order chi connectivity index (χ1) is 20.6. The molecule has 0 aliphatic carbocycles. The molecule has 0 aliphatic heterocycles. The summed E-state index contributed by atoms with van der Waals surface area (Å²) in [5, 5.41) is 35.8. The Morgan fingerprint density at radius 3 is 1.56 bits per heavy atom. The summed E-state index contributed by atoms with van der Waals surface area (Å²) in [5.41, 5.74) is 18.9. The summed E-state index contributed by atoms with van der Waals surface area (Å²) in [6.07, 6.45) is 1.18. The van der Waals surface area contributed by atoms with Crippen LogP contribution in [0.4, 0.5) is 11.4 Å². The van der Waals surface area contributed by atoms with Gasteiger partial charge < -0.3 is 43.8 Å². The van der Waals surface area contributed by atoms with E-state index >= 15 is 0 Å². The van der Waals surface area contributed by atoms with Gasteiger partial charge in [-0.3, -0.25) is 25.8 Å². The highest BCUT2D eigenvalue weighted by Gasteiger charge is 2.17. The Labute approximate surface area is 252 Å². The van der Waals surface area contributed by atoms with Crippen LogP contribution in [0.5, 0.6) is 0 Å². The first-order valence-electron chi connectivity index (χ1n) is 13.1. The second-order valence-electron chi connectivity index (χ2n) is 9.10. The van der Waals surface area contributed by atoms with Crippen LogP contribution in [0.25, 0.3) is 0 Å². The Bertz CT molecular complexity index is 1380. The van der Waals surface area contributed by atoms with Gasteiger partial charge in [0.1, 0.15) is 11.4 Å². The van der Waals surface area contributed by atoms with Gasteiger partial charge in [-0.1, -0.05) is 36.0 Å². The number of amides is 2. The number of carbonyl (C=O) groups is 2. The van der Waals surface area contributed by atoms with Crippen molar-refractivity contribution in [2.45, 2.75) is 18.0 Å². The van der Waals surface area contributed by atoms with Crippen molar-refractivity contribution < 1.29 is 9.59 Å². The number of hydrogen-bond donors (Lipinski definition) is 11. The van der Waals surface area contributed by atoms with Crippen LogP contribution >= 0.6 is 11.8 Å². The lowest BCUT2D eigenvalue weighted by atomic mass is 10.1. The molecule has 0 spiro atoms. The number of guanidine groups is 3. The lowest BCUT2D eigenvalue weighted by Gasteiger charge is -2.11. The van der Waals surface area contributed by atoms with Crippen molar-refractivity contribution in [3.63, 3.8) is 0 Å². The topological polar surface area (TPSA) is 270 Å². The molecular weight excluding hydrogens is 570 g/mol. The maximum absolute atomic E-state index is 13.2. The largest absolute Gasteiger partial charge is 0.370 e. The third kappa shape index (κ3) is 11.6. The molecule has 0 bridgehead atoms. The molecule has 0 unspecified atom stereocenters. The highest BCUT2D eigenvalue weighted by molar-refractivity contribution is 7.99. The van der Waals surface area contributed by atoms with Crippen molar-refractivity contribution in [3.05, 3.63) is 77.1 Å². The summed E-state index contributed by atoms with van der Waals surface area (Å²) < 4.78 is 0. The Morgan fingerprint density at radius 2 is 1.12 bits per heavy atom. The van der Waals surface area contributed by atoms with Crippen LogP contribution in [0.2, 0.25) is 0 Å². The molecule has 2 aromatic carbocycles. The van der Waals surface area contributed by atoms with Gasteiger partial charge in [0.05, 0.1) is 0 Å². The van der Waals surface area contributed by atoms with Crippen molar-refractivity contribution in [2.24, 2.45) is 17.2 Å². The van der Waals surface area contributed by atoms with Crippen molar-refractivity contribution in [1.82, 2.24) is 25.9 Å². The normalized spacial score (nSPS) is 10.3. The van der Waals surface area contributed by atoms with Gasteiger partial charge in [0.2, 0.25) is 0 Å². The molecule has 226 valence electrons. The number of nitrogens with two attached hydrogens (primary N) is 3. The maximum Gasteiger partial charge on any atom is 0.274 e. The van der Waals surface area contributed by atoms with Crippen molar-refractivity contribution >= 4 is 52.8 Å². The fourth-order valence-corrected chi connectivity index (χ4v) is 4.45. The molecule has 3 rings (SSSR count). The van der Waals surface area contributed by atoms with Crippen molar-refractivity contribution in [3.8, 4) is 0 Å². The fraction of sp³-hybridized carbons (Fsp3) is 0.222. The first-order valence-corrected chi connectivity index (χ1v) is 14.1. The lowest BCUT2D eigenvalue weighted by Crippen LogP contribution is -2.31. The van der Waals surface area contributed by atoms with E-state index in [1.54, 1.807) is 36.4 Å². The highest BCUT2D eigenvalue weighted by atomic mass is 32.2. The molecule has 0 saturated carbocycles. The van der Waals surface area contributed by atoms with Gasteiger partial charge >= 0.3 is 0 Å². The predicted octanol–water partition coefficient (Wildman–Crippen LogP) is 0.608. The molecule has 0 aliphatic rings. The number of benzene rings is 2. The summed E-state index contributed by atoms with van der Waals surface area (Å²) in [5.74, 6) is -1.04. The highest BCUT2D eigenvalue weighted by Crippen LogP contribution is 2.18. The monoisotopic (exact) mass is 605 g/mol. The van der Waals surface area contributed by atoms with E-state index in [0.717, 1.165) is 11.1 Å². The van der Waals surface area contributed by atoms with Gasteiger partial charge in [-0.2, -0.15) is 0 Å². The summed E-state index contributed by atoms with van der Waals surface area (Å²) >= 11 is 1.20. The standard InChI is InChI=1S/C27H35N13O2S/c28-24(29)34-9-7-16-3-1-5-18(13-16)37-22(41)20-15-21(40-27(39-20)43-12-11-36-26(32)33)23(42)38-19-6-2-4-17(14-19)8-10-35-25(30)31/h1-6,13-15H,7-12H2,(H,37,41)(H,38,42)(H4,28,29,34)(H4,30,31,35)(H4,32,33,36). The quantitative estimate of drug-likeness (QED) is 0.0398. The van der Waals surface area contributed by atoms with E-state index in [-0.39, 0.29) is 34.4 Å². The van der Waals surface area contributed by atoms with E-state index in [0.29, 0.717) is 49.6 Å². The number of thioether (sulfide) groups is 1. The minimum atomic E-state index is -0.529. The van der Waals surface area contributed by atoms with Crippen molar-refractivity contribution in [2.75, 3.05) is 36.0 Å². The molecular formula is C27H35N13O2S. The molecule has 14 N–H and O–H groups in total. The molecule has 16 heteroatoms. The summed E-state index contributed by atoms with van der Waals surface area (Å²) in [7, 11) is 0. The smallest absolute Gasteiger partial charge is 0.274 e. The Balaban J connectivity index is 1.78. The van der Waals surface area contributed by atoms with E-state index in [2.05, 4.69) is 36.6 Å². The van der Waals surface area contributed by atoms with E-state index in [1.165, 1.54) is 17.8 Å². The zero-order valence-electron chi connectivity index (χ0n) is 23.3. The van der Waals surface area contributed by atoms with E-state index in [4.69, 9.17) is 33.4 Å². The van der Waals surface area contributed by atoms with Crippen LogP contribution in [0, 0.1) is 16.2 Å². The number of aromatic nitrogens is 2. The summed E-state index contributed by atoms with van der Waals surface area (Å²) in [6.45, 7) is 1.29. The maximum atomic E-state index is 13.2. The van der Waals surface area contributed by atoms with Crippen LogP contribution in [0.3, 0.4) is 0 Å². The Kier molecular flexibility index (Phi) is 12.1. The Morgan fingerprint density at radius 1 is 0.674 bits per heavy atom. The van der Waals surface area contributed by atoms with E-state index in [9.17, 15) is 9.59 Å². The zero-order chi connectivity index (χ0) is 31.2. The van der Waals surface area contributed by atoms with Crippen LogP contribution in [0.15, 0.2) is 59.8 Å². The molecule has 2 amide bonds. The van der Waals surface area contributed by atoms with Gasteiger partial charge in [0.25, 0.3) is 11.8 Å². The van der Waals surface area contributed by atoms with E-state index < -0.39 is 11.8 Å². The summed E-state index contributed by atoms with van der Waals surface area (Å²) in [6, 6.07) is 15.8. The number of rotatable bonds is 14. The van der Waals surface area contributed by atoms with Crippen molar-refractivity contribution in [1.29, 1.82) is 16.2 Å². The lowest BCUT2D eigenvalue weighted by molar-refractivity contribution is 0.102. The van der Waals surface area contributed by atoms with Gasteiger partial charge in [0.15, 0.2) is 23.0 Å². The first kappa shape index (κ1) is 32.1. The van der Waals surface area contributed by atoms with Gasteiger partial charge in [-0.25, -0.2) is 9.97 Å². The minimum Gasteiger partial charge on any atom is -0.370 e. The third-order valence-corrected chi connectivity index (χ3v) is 6.50. The zero-order valence-corrected chi connectivity index (χ0v) is 24.1. The van der Waals surface area contributed by atoms with Crippen LogP contribution in [0.1, 0.15) is 32.1 Å². The van der Waals surface area contributed by atoms with Gasteiger partial charge in [0, 0.05) is 42.8 Å². The average molecular weight is 606 g/mol. The van der Waals surface area contributed by atoms with E-state index in [1.807, 2.05) is 12.1 Å². The number of nitrogens with zero attached hydrogens (tertiary/aromatic N) is 2. The average Bonchev–Trinajstić information content (AvgIpc) is 2.95. The van der Waals surface area contributed by atoms with Gasteiger partial charge in [-0.05, 0) is 48.2 Å². The molecule has 1 aromatic heterocycles. The molecule has 3 aromatic rings. The predicted molar refractivity (Wildman–Crippen MR) is 169 cm³/mol. The molecule has 43 heavy (non-hydrogen) atoms. The molecule has 0 atom stereocenters. The van der Waals surface area contributed by atoms with Crippen LogP contribution in [-0.4, -0.2) is 65.0 Å². The second kappa shape index (κ2) is 16.2. The van der Waals surface area contributed by atoms with Crippen LogP contribution < -0.4 is 43.8 Å². The molecule has 0 fully saturated rings. The van der Waals surface area contributed by atoms with Crippen LogP contribution in [-0.2, 0) is 12.8 Å². The molecule has 1 heterocycles. The molecule has 15 nitrogen and oxygen atoms in total. The second-order valence-corrected chi connectivity index (χ2v) is 10.2. The number of carbonyl (C=O) groups excluding carboxylic acids is 2. The third-order valence-electron chi connectivity index (χ3n) is 5.65. The number of anilines is 2. The number of hydrogen-bond acceptors (Lipinski definition) is 8. The SMILES string of the molecule is N=C(N)NCCSc1nc(C(=O)Nc2cccc(CCNC(=N)N)c2)cc(C(=O)Nc2cccc(CCNC(=N)N)c2)n1. The summed E-state index contributed by atoms with van der Waals surface area (Å²) in [4.78, 5) is 35.2. The Hall–Kier alpha value is -5.38. The van der Waals surface area contributed by atoms with Gasteiger partial charge in [-0.15, -0.1) is 0 Å². The fourth-order valence-electron chi connectivity index (χ4n) is 3.73.